The van der Waals surface area contributed by atoms with E-state index in [9.17, 15) is 4.79 Å². The molecule has 1 aromatic carbocycles. The topological polar surface area (TPSA) is 50.2 Å². The lowest BCUT2D eigenvalue weighted by Crippen LogP contribution is -2.06. The van der Waals surface area contributed by atoms with Gasteiger partial charge in [0.1, 0.15) is 0 Å². The van der Waals surface area contributed by atoms with Crippen LogP contribution in [0.1, 0.15) is 31.1 Å². The average Bonchev–Trinajstić information content (AvgIpc) is 2.26. The Bertz CT molecular complexity index is 602. The normalized spacial score (nSPS) is 11.7. The molecule has 0 atom stereocenters. The smallest absolute Gasteiger partial charge is 0.337 e. The van der Waals surface area contributed by atoms with Gasteiger partial charge in [-0.05, 0) is 18.2 Å². The first-order chi connectivity index (χ1) is 8.35. The number of nitrogens with zero attached hydrogens (tertiary/aromatic N) is 1. The minimum Gasteiger partial charge on any atom is -0.478 e. The zero-order valence-corrected chi connectivity index (χ0v) is 11.4. The SMILES string of the molecule is CC(C)(C)Sc1ccc2cc(C(=O)O)cnc2c1. The quantitative estimate of drug-likeness (QED) is 0.835. The zero-order valence-electron chi connectivity index (χ0n) is 10.6. The Morgan fingerprint density at radius 1 is 1.28 bits per heavy atom. The van der Waals surface area contributed by atoms with Crippen molar-refractivity contribution in [1.29, 1.82) is 0 Å². The molecule has 1 heterocycles. The van der Waals surface area contributed by atoms with Crippen molar-refractivity contribution in [2.75, 3.05) is 0 Å². The van der Waals surface area contributed by atoms with Crippen molar-refractivity contribution < 1.29 is 9.90 Å². The number of aromatic carboxylic acids is 1. The summed E-state index contributed by atoms with van der Waals surface area (Å²) in [7, 11) is 0. The van der Waals surface area contributed by atoms with Crippen molar-refractivity contribution in [2.45, 2.75) is 30.4 Å². The Labute approximate surface area is 110 Å². The minimum atomic E-state index is -0.947. The summed E-state index contributed by atoms with van der Waals surface area (Å²) in [6.45, 7) is 6.47. The molecule has 0 saturated heterocycles. The number of fused-ring (bicyclic) bond motifs is 1. The summed E-state index contributed by atoms with van der Waals surface area (Å²) in [5.74, 6) is -0.947. The molecule has 2 aromatic rings. The van der Waals surface area contributed by atoms with Gasteiger partial charge < -0.3 is 5.11 Å². The monoisotopic (exact) mass is 261 g/mol. The highest BCUT2D eigenvalue weighted by Gasteiger charge is 2.12. The van der Waals surface area contributed by atoms with Crippen molar-refractivity contribution >= 4 is 28.6 Å². The largest absolute Gasteiger partial charge is 0.478 e. The summed E-state index contributed by atoms with van der Waals surface area (Å²) in [5.41, 5.74) is 1.05. The maximum absolute atomic E-state index is 10.9. The molecule has 0 amide bonds. The molecule has 0 spiro atoms. The number of carbonyl (C=O) groups is 1. The number of hydrogen-bond donors (Lipinski definition) is 1. The molecule has 0 radical (unpaired) electrons. The molecule has 0 bridgehead atoms. The molecule has 1 aromatic heterocycles. The fraction of sp³-hybridized carbons (Fsp3) is 0.286. The summed E-state index contributed by atoms with van der Waals surface area (Å²) in [6, 6.07) is 7.57. The first-order valence-corrected chi connectivity index (χ1v) is 6.49. The van der Waals surface area contributed by atoms with E-state index < -0.39 is 5.97 Å². The Morgan fingerprint density at radius 3 is 2.61 bits per heavy atom. The van der Waals surface area contributed by atoms with Crippen LogP contribution in [0, 0.1) is 0 Å². The standard InChI is InChI=1S/C14H15NO2S/c1-14(2,3)18-11-5-4-9-6-10(13(16)17)8-15-12(9)7-11/h4-8H,1-3H3,(H,16,17). The number of hydrogen-bond acceptors (Lipinski definition) is 3. The van der Waals surface area contributed by atoms with Gasteiger partial charge in [0.05, 0.1) is 11.1 Å². The van der Waals surface area contributed by atoms with Gasteiger partial charge >= 0.3 is 5.97 Å². The van der Waals surface area contributed by atoms with Crippen LogP contribution < -0.4 is 0 Å². The Hall–Kier alpha value is -1.55. The molecule has 0 aliphatic heterocycles. The fourth-order valence-corrected chi connectivity index (χ4v) is 2.65. The molecular weight excluding hydrogens is 246 g/mol. The Balaban J connectivity index is 2.41. The molecule has 0 saturated carbocycles. The van der Waals surface area contributed by atoms with Gasteiger partial charge in [-0.25, -0.2) is 4.79 Å². The van der Waals surface area contributed by atoms with Crippen LogP contribution in [0.25, 0.3) is 10.9 Å². The van der Waals surface area contributed by atoms with Crippen LogP contribution in [-0.2, 0) is 0 Å². The molecule has 94 valence electrons. The van der Waals surface area contributed by atoms with E-state index in [1.807, 2.05) is 18.2 Å². The first kappa shape index (κ1) is 12.9. The third-order valence-corrected chi connectivity index (χ3v) is 3.43. The van der Waals surface area contributed by atoms with Crippen LogP contribution in [0.3, 0.4) is 0 Å². The molecule has 2 rings (SSSR count). The first-order valence-electron chi connectivity index (χ1n) is 5.67. The lowest BCUT2D eigenvalue weighted by Gasteiger charge is -2.17. The third-order valence-electron chi connectivity index (χ3n) is 2.33. The van der Waals surface area contributed by atoms with Crippen LogP contribution in [0.4, 0.5) is 0 Å². The maximum atomic E-state index is 10.9. The lowest BCUT2D eigenvalue weighted by atomic mass is 10.1. The maximum Gasteiger partial charge on any atom is 0.337 e. The van der Waals surface area contributed by atoms with Crippen LogP contribution >= 0.6 is 11.8 Å². The van der Waals surface area contributed by atoms with Crippen molar-refractivity contribution in [3.05, 3.63) is 36.0 Å². The van der Waals surface area contributed by atoms with E-state index in [0.717, 1.165) is 15.8 Å². The molecule has 0 unspecified atom stereocenters. The van der Waals surface area contributed by atoms with Crippen LogP contribution in [0.2, 0.25) is 0 Å². The van der Waals surface area contributed by atoms with E-state index in [0.29, 0.717) is 0 Å². The summed E-state index contributed by atoms with van der Waals surface area (Å²) in [4.78, 5) is 16.2. The van der Waals surface area contributed by atoms with Gasteiger partial charge in [-0.15, -0.1) is 11.8 Å². The lowest BCUT2D eigenvalue weighted by molar-refractivity contribution is 0.0696. The van der Waals surface area contributed by atoms with Gasteiger partial charge in [0.2, 0.25) is 0 Å². The summed E-state index contributed by atoms with van der Waals surface area (Å²) >= 11 is 1.77. The molecule has 0 fully saturated rings. The summed E-state index contributed by atoms with van der Waals surface area (Å²) in [5, 5.41) is 9.76. The zero-order chi connectivity index (χ0) is 13.3. The minimum absolute atomic E-state index is 0.148. The highest BCUT2D eigenvalue weighted by Crippen LogP contribution is 2.33. The number of carboxylic acid groups (broad SMARTS) is 1. The van der Waals surface area contributed by atoms with E-state index in [2.05, 4.69) is 25.8 Å². The van der Waals surface area contributed by atoms with E-state index >= 15 is 0 Å². The van der Waals surface area contributed by atoms with Crippen LogP contribution in [0.15, 0.2) is 35.4 Å². The molecular formula is C14H15NO2S. The fourth-order valence-electron chi connectivity index (χ4n) is 1.64. The van der Waals surface area contributed by atoms with Crippen molar-refractivity contribution in [3.63, 3.8) is 0 Å². The summed E-state index contributed by atoms with van der Waals surface area (Å²) in [6.07, 6.45) is 1.40. The van der Waals surface area contributed by atoms with Crippen LogP contribution in [-0.4, -0.2) is 20.8 Å². The van der Waals surface area contributed by atoms with Gasteiger partial charge in [-0.3, -0.25) is 4.98 Å². The molecule has 0 aliphatic carbocycles. The molecule has 1 N–H and O–H groups in total. The molecule has 4 heteroatoms. The van der Waals surface area contributed by atoms with Gasteiger partial charge in [0.15, 0.2) is 0 Å². The van der Waals surface area contributed by atoms with E-state index in [4.69, 9.17) is 5.11 Å². The predicted octanol–water partition coefficient (Wildman–Crippen LogP) is 3.82. The number of thioether (sulfide) groups is 1. The van der Waals surface area contributed by atoms with Crippen molar-refractivity contribution in [2.24, 2.45) is 0 Å². The van der Waals surface area contributed by atoms with Crippen molar-refractivity contribution in [1.82, 2.24) is 4.98 Å². The number of carboxylic acids is 1. The molecule has 0 aliphatic rings. The highest BCUT2D eigenvalue weighted by atomic mass is 32.2. The summed E-state index contributed by atoms with van der Waals surface area (Å²) < 4.78 is 0.148. The second-order valence-corrected chi connectivity index (χ2v) is 7.00. The third kappa shape index (κ3) is 3.01. The second kappa shape index (κ2) is 4.61. The van der Waals surface area contributed by atoms with Gasteiger partial charge in [0, 0.05) is 21.2 Å². The number of pyridine rings is 1. The van der Waals surface area contributed by atoms with E-state index in [1.165, 1.54) is 6.20 Å². The average molecular weight is 261 g/mol. The Morgan fingerprint density at radius 2 is 2.00 bits per heavy atom. The van der Waals surface area contributed by atoms with Crippen LogP contribution in [0.5, 0.6) is 0 Å². The van der Waals surface area contributed by atoms with Gasteiger partial charge in [-0.1, -0.05) is 26.8 Å². The second-order valence-electron chi connectivity index (χ2n) is 5.10. The number of aromatic nitrogens is 1. The van der Waals surface area contributed by atoms with E-state index in [1.54, 1.807) is 17.8 Å². The highest BCUT2D eigenvalue weighted by molar-refractivity contribution is 8.00. The van der Waals surface area contributed by atoms with E-state index in [-0.39, 0.29) is 10.3 Å². The molecule has 18 heavy (non-hydrogen) atoms. The Kier molecular flexibility index (Phi) is 3.30. The number of rotatable bonds is 2. The number of benzene rings is 1. The van der Waals surface area contributed by atoms with Gasteiger partial charge in [-0.2, -0.15) is 0 Å². The van der Waals surface area contributed by atoms with Gasteiger partial charge in [0.25, 0.3) is 0 Å². The predicted molar refractivity (Wildman–Crippen MR) is 74.3 cm³/mol. The van der Waals surface area contributed by atoms with Crippen molar-refractivity contribution in [3.8, 4) is 0 Å². The molecule has 3 nitrogen and oxygen atoms in total.